The predicted molar refractivity (Wildman–Crippen MR) is 96.9 cm³/mol. The van der Waals surface area contributed by atoms with Crippen molar-refractivity contribution in [2.45, 2.75) is 18.9 Å². The standard InChI is InChI=1S/C20H23FN2O3/c1-20(26-2,16-10-6-7-11-17(16)21)14-23-19(25)18(24)22-13-12-15-8-4-3-5-9-15/h3-11H,12-14H2,1-2H3,(H,22,24)(H,23,25). The summed E-state index contributed by atoms with van der Waals surface area (Å²) in [6, 6.07) is 15.8. The number of ether oxygens (including phenoxy) is 1. The number of nitrogens with one attached hydrogen (secondary N) is 2. The molecule has 26 heavy (non-hydrogen) atoms. The van der Waals surface area contributed by atoms with Crippen LogP contribution in [0.4, 0.5) is 4.39 Å². The number of halogens is 1. The van der Waals surface area contributed by atoms with Crippen molar-refractivity contribution in [3.8, 4) is 0 Å². The Morgan fingerprint density at radius 1 is 1.00 bits per heavy atom. The summed E-state index contributed by atoms with van der Waals surface area (Å²) in [5.74, 6) is -1.94. The fourth-order valence-corrected chi connectivity index (χ4v) is 2.54. The van der Waals surface area contributed by atoms with E-state index < -0.39 is 23.2 Å². The molecule has 0 aromatic heterocycles. The first kappa shape index (κ1) is 19.6. The zero-order valence-corrected chi connectivity index (χ0v) is 14.9. The first-order chi connectivity index (χ1) is 12.5. The van der Waals surface area contributed by atoms with E-state index in [-0.39, 0.29) is 6.54 Å². The second-order valence-electron chi connectivity index (χ2n) is 6.09. The van der Waals surface area contributed by atoms with Crippen LogP contribution < -0.4 is 10.6 Å². The zero-order valence-electron chi connectivity index (χ0n) is 14.9. The van der Waals surface area contributed by atoms with Crippen molar-refractivity contribution in [3.05, 3.63) is 71.5 Å². The summed E-state index contributed by atoms with van der Waals surface area (Å²) in [6.07, 6.45) is 0.630. The molecule has 0 bridgehead atoms. The Bertz CT molecular complexity index is 752. The van der Waals surface area contributed by atoms with Crippen LogP contribution in [0.1, 0.15) is 18.1 Å². The Morgan fingerprint density at radius 2 is 1.62 bits per heavy atom. The number of amides is 2. The van der Waals surface area contributed by atoms with E-state index in [0.29, 0.717) is 18.5 Å². The van der Waals surface area contributed by atoms with Crippen LogP contribution in [-0.4, -0.2) is 32.0 Å². The Balaban J connectivity index is 1.86. The van der Waals surface area contributed by atoms with Gasteiger partial charge in [-0.05, 0) is 25.0 Å². The lowest BCUT2D eigenvalue weighted by Crippen LogP contribution is -2.46. The summed E-state index contributed by atoms with van der Waals surface area (Å²) >= 11 is 0. The van der Waals surface area contributed by atoms with Crippen LogP contribution in [0.3, 0.4) is 0 Å². The quantitative estimate of drug-likeness (QED) is 0.746. The third kappa shape index (κ3) is 5.13. The van der Waals surface area contributed by atoms with Crippen LogP contribution in [0.2, 0.25) is 0 Å². The molecule has 0 fully saturated rings. The lowest BCUT2D eigenvalue weighted by atomic mass is 9.95. The van der Waals surface area contributed by atoms with Gasteiger partial charge in [-0.15, -0.1) is 0 Å². The van der Waals surface area contributed by atoms with Gasteiger partial charge in [0, 0.05) is 19.2 Å². The average molecular weight is 358 g/mol. The van der Waals surface area contributed by atoms with Crippen molar-refractivity contribution >= 4 is 11.8 Å². The van der Waals surface area contributed by atoms with E-state index in [0.717, 1.165) is 5.56 Å². The van der Waals surface area contributed by atoms with Crippen LogP contribution in [0.5, 0.6) is 0 Å². The summed E-state index contributed by atoms with van der Waals surface area (Å²) < 4.78 is 19.4. The summed E-state index contributed by atoms with van der Waals surface area (Å²) in [5, 5.41) is 5.08. The highest BCUT2D eigenvalue weighted by Gasteiger charge is 2.30. The van der Waals surface area contributed by atoms with Crippen LogP contribution in [0.15, 0.2) is 54.6 Å². The molecule has 2 N–H and O–H groups in total. The van der Waals surface area contributed by atoms with Crippen LogP contribution >= 0.6 is 0 Å². The number of hydrogen-bond acceptors (Lipinski definition) is 3. The predicted octanol–water partition coefficient (Wildman–Crippen LogP) is 2.16. The molecule has 0 aliphatic heterocycles. The molecule has 0 heterocycles. The van der Waals surface area contributed by atoms with Gasteiger partial charge in [0.25, 0.3) is 0 Å². The average Bonchev–Trinajstić information content (AvgIpc) is 2.67. The molecule has 1 unspecified atom stereocenters. The monoisotopic (exact) mass is 358 g/mol. The van der Waals surface area contributed by atoms with Crippen molar-refractivity contribution in [1.29, 1.82) is 0 Å². The van der Waals surface area contributed by atoms with Crippen molar-refractivity contribution in [1.82, 2.24) is 10.6 Å². The second kappa shape index (κ2) is 9.10. The van der Waals surface area contributed by atoms with Gasteiger partial charge in [-0.2, -0.15) is 0 Å². The minimum absolute atomic E-state index is 0.0324. The van der Waals surface area contributed by atoms with Gasteiger partial charge in [0.05, 0.1) is 6.54 Å². The number of carbonyl (C=O) groups excluding carboxylic acids is 2. The summed E-state index contributed by atoms with van der Waals surface area (Å²) in [6.45, 7) is 1.97. The number of hydrogen-bond donors (Lipinski definition) is 2. The van der Waals surface area contributed by atoms with Crippen molar-refractivity contribution in [2.24, 2.45) is 0 Å². The third-order valence-corrected chi connectivity index (χ3v) is 4.23. The minimum Gasteiger partial charge on any atom is -0.372 e. The Kier molecular flexibility index (Phi) is 6.86. The highest BCUT2D eigenvalue weighted by atomic mass is 19.1. The summed E-state index contributed by atoms with van der Waals surface area (Å²) in [7, 11) is 1.43. The van der Waals surface area contributed by atoms with Crippen molar-refractivity contribution < 1.29 is 18.7 Å². The number of rotatable bonds is 7. The fraction of sp³-hybridized carbons (Fsp3) is 0.300. The molecule has 2 amide bonds. The highest BCUT2D eigenvalue weighted by Crippen LogP contribution is 2.26. The smallest absolute Gasteiger partial charge is 0.309 e. The maximum atomic E-state index is 14.0. The maximum absolute atomic E-state index is 14.0. The molecule has 1 atom stereocenters. The van der Waals surface area contributed by atoms with E-state index in [1.807, 2.05) is 30.3 Å². The van der Waals surface area contributed by atoms with Gasteiger partial charge in [-0.1, -0.05) is 48.5 Å². The molecule has 5 nitrogen and oxygen atoms in total. The normalized spacial score (nSPS) is 12.9. The Labute approximate surface area is 152 Å². The number of benzene rings is 2. The fourth-order valence-electron chi connectivity index (χ4n) is 2.54. The largest absolute Gasteiger partial charge is 0.372 e. The molecule has 0 saturated heterocycles. The molecule has 0 saturated carbocycles. The molecular weight excluding hydrogens is 335 g/mol. The molecule has 2 aromatic rings. The minimum atomic E-state index is -1.08. The first-order valence-corrected chi connectivity index (χ1v) is 8.36. The SMILES string of the molecule is COC(C)(CNC(=O)C(=O)NCCc1ccccc1)c1ccccc1F. The lowest BCUT2D eigenvalue weighted by molar-refractivity contribution is -0.140. The molecule has 0 radical (unpaired) electrons. The molecule has 0 spiro atoms. The van der Waals surface area contributed by atoms with E-state index in [4.69, 9.17) is 4.74 Å². The van der Waals surface area contributed by atoms with Gasteiger partial charge in [-0.25, -0.2) is 4.39 Å². The van der Waals surface area contributed by atoms with Crippen molar-refractivity contribution in [2.75, 3.05) is 20.2 Å². The highest BCUT2D eigenvalue weighted by molar-refractivity contribution is 6.35. The van der Waals surface area contributed by atoms with Gasteiger partial charge >= 0.3 is 11.8 Å². The topological polar surface area (TPSA) is 67.4 Å². The molecule has 0 aliphatic carbocycles. The van der Waals surface area contributed by atoms with Crippen molar-refractivity contribution in [3.63, 3.8) is 0 Å². The van der Waals surface area contributed by atoms with E-state index in [9.17, 15) is 14.0 Å². The third-order valence-electron chi connectivity index (χ3n) is 4.23. The summed E-state index contributed by atoms with van der Waals surface area (Å²) in [5.41, 5.74) is 0.303. The summed E-state index contributed by atoms with van der Waals surface area (Å²) in [4.78, 5) is 23.9. The number of methoxy groups -OCH3 is 1. The van der Waals surface area contributed by atoms with Gasteiger partial charge in [0.1, 0.15) is 11.4 Å². The van der Waals surface area contributed by atoms with E-state index in [2.05, 4.69) is 10.6 Å². The molecule has 138 valence electrons. The number of carbonyl (C=O) groups is 2. The van der Waals surface area contributed by atoms with E-state index >= 15 is 0 Å². The molecule has 2 rings (SSSR count). The van der Waals surface area contributed by atoms with Crippen LogP contribution in [0.25, 0.3) is 0 Å². The van der Waals surface area contributed by atoms with E-state index in [1.54, 1.807) is 25.1 Å². The maximum Gasteiger partial charge on any atom is 0.309 e. The van der Waals surface area contributed by atoms with Crippen LogP contribution in [0, 0.1) is 5.82 Å². The zero-order chi connectivity index (χ0) is 19.0. The first-order valence-electron chi connectivity index (χ1n) is 8.36. The molecular formula is C20H23FN2O3. The second-order valence-corrected chi connectivity index (χ2v) is 6.09. The molecule has 0 aliphatic rings. The molecule has 6 heteroatoms. The van der Waals surface area contributed by atoms with Crippen LogP contribution in [-0.2, 0) is 26.3 Å². The lowest BCUT2D eigenvalue weighted by Gasteiger charge is -2.29. The Morgan fingerprint density at radius 3 is 2.27 bits per heavy atom. The van der Waals surface area contributed by atoms with Gasteiger partial charge in [-0.3, -0.25) is 9.59 Å². The van der Waals surface area contributed by atoms with Gasteiger partial charge in [0.2, 0.25) is 0 Å². The van der Waals surface area contributed by atoms with Gasteiger partial charge < -0.3 is 15.4 Å². The van der Waals surface area contributed by atoms with E-state index in [1.165, 1.54) is 13.2 Å². The Hall–Kier alpha value is -2.73. The van der Waals surface area contributed by atoms with Gasteiger partial charge in [0.15, 0.2) is 0 Å². The molecule has 2 aromatic carbocycles.